The van der Waals surface area contributed by atoms with Gasteiger partial charge in [-0.15, -0.1) is 0 Å². The highest BCUT2D eigenvalue weighted by Crippen LogP contribution is 2.34. The van der Waals surface area contributed by atoms with Gasteiger partial charge in [-0.1, -0.05) is 36.7 Å². The van der Waals surface area contributed by atoms with Gasteiger partial charge in [0.15, 0.2) is 0 Å². The summed E-state index contributed by atoms with van der Waals surface area (Å²) in [7, 11) is 1.62. The van der Waals surface area contributed by atoms with Gasteiger partial charge in [0.1, 0.15) is 11.5 Å². The second kappa shape index (κ2) is 6.53. The molecule has 0 fully saturated rings. The third kappa shape index (κ3) is 3.89. The van der Waals surface area contributed by atoms with Crippen molar-refractivity contribution in [3.63, 3.8) is 0 Å². The molecule has 0 bridgehead atoms. The van der Waals surface area contributed by atoms with Gasteiger partial charge in [-0.25, -0.2) is 4.79 Å². The predicted molar refractivity (Wildman–Crippen MR) is 90.8 cm³/mol. The topological polar surface area (TPSA) is 35.5 Å². The number of hydrogen-bond donors (Lipinski definition) is 0. The summed E-state index contributed by atoms with van der Waals surface area (Å²) in [5.74, 6) is 0.928. The zero-order valence-corrected chi connectivity index (χ0v) is 14.7. The van der Waals surface area contributed by atoms with Crippen molar-refractivity contribution in [2.75, 3.05) is 7.11 Å². The molecule has 0 aliphatic heterocycles. The van der Waals surface area contributed by atoms with Crippen LogP contribution in [0.1, 0.15) is 36.7 Å². The van der Waals surface area contributed by atoms with Gasteiger partial charge in [0, 0.05) is 10.0 Å². The van der Waals surface area contributed by atoms with E-state index in [1.54, 1.807) is 31.4 Å². The van der Waals surface area contributed by atoms with E-state index in [-0.39, 0.29) is 11.4 Å². The molecule has 0 saturated carbocycles. The lowest BCUT2D eigenvalue weighted by Gasteiger charge is -2.23. The number of esters is 1. The number of ether oxygens (including phenoxy) is 2. The molecule has 116 valence electrons. The maximum Gasteiger partial charge on any atom is 0.343 e. The van der Waals surface area contributed by atoms with E-state index in [2.05, 4.69) is 36.7 Å². The highest BCUT2D eigenvalue weighted by atomic mass is 79.9. The highest BCUT2D eigenvalue weighted by molar-refractivity contribution is 9.10. The van der Waals surface area contributed by atoms with Crippen molar-refractivity contribution in [3.05, 3.63) is 58.1 Å². The molecular formula is C18H19BrO3. The van der Waals surface area contributed by atoms with Crippen LogP contribution < -0.4 is 9.47 Å². The Bertz CT molecular complexity index is 670. The first-order valence-corrected chi connectivity index (χ1v) is 7.77. The van der Waals surface area contributed by atoms with E-state index in [1.165, 1.54) is 0 Å². The molecule has 0 spiro atoms. The molecule has 0 amide bonds. The van der Waals surface area contributed by atoms with Gasteiger partial charge in [-0.05, 0) is 47.9 Å². The van der Waals surface area contributed by atoms with Gasteiger partial charge in [-0.3, -0.25) is 0 Å². The van der Waals surface area contributed by atoms with Crippen LogP contribution in [0.15, 0.2) is 46.9 Å². The summed E-state index contributed by atoms with van der Waals surface area (Å²) in [5, 5.41) is 0. The summed E-state index contributed by atoms with van der Waals surface area (Å²) < 4.78 is 11.8. The summed E-state index contributed by atoms with van der Waals surface area (Å²) in [6.45, 7) is 6.20. The van der Waals surface area contributed by atoms with E-state index >= 15 is 0 Å². The van der Waals surface area contributed by atoms with Crippen molar-refractivity contribution in [2.45, 2.75) is 26.2 Å². The average molecular weight is 363 g/mol. The van der Waals surface area contributed by atoms with E-state index < -0.39 is 0 Å². The van der Waals surface area contributed by atoms with Crippen LogP contribution in [0.4, 0.5) is 0 Å². The SMILES string of the molecule is COc1ccc(OC(=O)c2ccc(Br)cc2)c(C(C)(C)C)c1. The van der Waals surface area contributed by atoms with Gasteiger partial charge in [0.05, 0.1) is 12.7 Å². The number of hydrogen-bond acceptors (Lipinski definition) is 3. The number of halogens is 1. The first-order valence-electron chi connectivity index (χ1n) is 6.97. The smallest absolute Gasteiger partial charge is 0.343 e. The molecule has 0 N–H and O–H groups in total. The Labute approximate surface area is 139 Å². The second-order valence-corrected chi connectivity index (χ2v) is 6.92. The van der Waals surface area contributed by atoms with Crippen molar-refractivity contribution >= 4 is 21.9 Å². The van der Waals surface area contributed by atoms with Crippen molar-refractivity contribution < 1.29 is 14.3 Å². The molecule has 4 heteroatoms. The monoisotopic (exact) mass is 362 g/mol. The van der Waals surface area contributed by atoms with Gasteiger partial charge in [0.25, 0.3) is 0 Å². The fourth-order valence-corrected chi connectivity index (χ4v) is 2.32. The molecule has 0 aliphatic rings. The zero-order chi connectivity index (χ0) is 16.3. The van der Waals surface area contributed by atoms with Gasteiger partial charge in [-0.2, -0.15) is 0 Å². The molecule has 2 rings (SSSR count). The van der Waals surface area contributed by atoms with E-state index in [1.807, 2.05) is 18.2 Å². The first kappa shape index (κ1) is 16.6. The lowest BCUT2D eigenvalue weighted by atomic mass is 9.86. The van der Waals surface area contributed by atoms with E-state index in [9.17, 15) is 4.79 Å². The van der Waals surface area contributed by atoms with Crippen LogP contribution in [0.3, 0.4) is 0 Å². The minimum Gasteiger partial charge on any atom is -0.497 e. The van der Waals surface area contributed by atoms with Crippen LogP contribution in [-0.4, -0.2) is 13.1 Å². The van der Waals surface area contributed by atoms with Crippen molar-refractivity contribution in [3.8, 4) is 11.5 Å². The summed E-state index contributed by atoms with van der Waals surface area (Å²) in [5.41, 5.74) is 1.28. The minimum atomic E-state index is -0.372. The van der Waals surface area contributed by atoms with Gasteiger partial charge >= 0.3 is 5.97 Å². The van der Waals surface area contributed by atoms with E-state index in [0.29, 0.717) is 11.3 Å². The Morgan fingerprint density at radius 1 is 1.05 bits per heavy atom. The number of rotatable bonds is 3. The van der Waals surface area contributed by atoms with Crippen molar-refractivity contribution in [2.24, 2.45) is 0 Å². The number of carbonyl (C=O) groups is 1. The molecule has 0 radical (unpaired) electrons. The van der Waals surface area contributed by atoms with E-state index in [0.717, 1.165) is 15.8 Å². The normalized spacial score (nSPS) is 11.1. The maximum atomic E-state index is 12.3. The minimum absolute atomic E-state index is 0.163. The van der Waals surface area contributed by atoms with Crippen molar-refractivity contribution in [1.82, 2.24) is 0 Å². The van der Waals surface area contributed by atoms with Crippen LogP contribution in [0.2, 0.25) is 0 Å². The van der Waals surface area contributed by atoms with Crippen LogP contribution in [-0.2, 0) is 5.41 Å². The molecule has 0 aromatic heterocycles. The Balaban J connectivity index is 2.32. The fraction of sp³-hybridized carbons (Fsp3) is 0.278. The molecule has 0 heterocycles. The Hall–Kier alpha value is -1.81. The Morgan fingerprint density at radius 2 is 1.68 bits per heavy atom. The first-order chi connectivity index (χ1) is 10.3. The molecule has 22 heavy (non-hydrogen) atoms. The van der Waals surface area contributed by atoms with Crippen LogP contribution in [0, 0.1) is 0 Å². The van der Waals surface area contributed by atoms with Crippen LogP contribution >= 0.6 is 15.9 Å². The predicted octanol–water partition coefficient (Wildman–Crippen LogP) is 4.97. The lowest BCUT2D eigenvalue weighted by molar-refractivity contribution is 0.0731. The molecule has 0 unspecified atom stereocenters. The lowest BCUT2D eigenvalue weighted by Crippen LogP contribution is -2.16. The fourth-order valence-electron chi connectivity index (χ4n) is 2.06. The van der Waals surface area contributed by atoms with E-state index in [4.69, 9.17) is 9.47 Å². The number of methoxy groups -OCH3 is 1. The van der Waals surface area contributed by atoms with Gasteiger partial charge < -0.3 is 9.47 Å². The largest absolute Gasteiger partial charge is 0.497 e. The van der Waals surface area contributed by atoms with Crippen LogP contribution in [0.5, 0.6) is 11.5 Å². The summed E-state index contributed by atoms with van der Waals surface area (Å²) in [6.07, 6.45) is 0. The molecule has 3 nitrogen and oxygen atoms in total. The third-order valence-corrected chi connectivity index (χ3v) is 3.81. The molecule has 0 atom stereocenters. The molecule has 0 saturated heterocycles. The Morgan fingerprint density at radius 3 is 2.23 bits per heavy atom. The summed E-state index contributed by atoms with van der Waals surface area (Å²) >= 11 is 3.35. The molecule has 2 aromatic carbocycles. The molecule has 0 aliphatic carbocycles. The Kier molecular flexibility index (Phi) is 4.91. The zero-order valence-electron chi connectivity index (χ0n) is 13.1. The quantitative estimate of drug-likeness (QED) is 0.570. The summed E-state index contributed by atoms with van der Waals surface area (Å²) in [6, 6.07) is 12.6. The maximum absolute atomic E-state index is 12.3. The standard InChI is InChI=1S/C18H19BrO3/c1-18(2,3)15-11-14(21-4)9-10-16(15)22-17(20)12-5-7-13(19)8-6-12/h5-11H,1-4H3. The third-order valence-electron chi connectivity index (χ3n) is 3.28. The average Bonchev–Trinajstić information content (AvgIpc) is 2.47. The van der Waals surface area contributed by atoms with Gasteiger partial charge in [0.2, 0.25) is 0 Å². The van der Waals surface area contributed by atoms with Crippen LogP contribution in [0.25, 0.3) is 0 Å². The number of carbonyl (C=O) groups excluding carboxylic acids is 1. The summed E-state index contributed by atoms with van der Waals surface area (Å²) in [4.78, 5) is 12.3. The number of benzene rings is 2. The second-order valence-electron chi connectivity index (χ2n) is 6.01. The molecular weight excluding hydrogens is 344 g/mol. The van der Waals surface area contributed by atoms with Crippen molar-refractivity contribution in [1.29, 1.82) is 0 Å². The highest BCUT2D eigenvalue weighted by Gasteiger charge is 2.22. The molecule has 2 aromatic rings.